The first kappa shape index (κ1) is 24.8. The van der Waals surface area contributed by atoms with Crippen LogP contribution in [0.5, 0.6) is 0 Å². The van der Waals surface area contributed by atoms with E-state index in [4.69, 9.17) is 0 Å². The summed E-state index contributed by atoms with van der Waals surface area (Å²) in [6, 6.07) is 31.1. The molecule has 1 aliphatic heterocycles. The van der Waals surface area contributed by atoms with Gasteiger partial charge < -0.3 is 4.57 Å². The lowest BCUT2D eigenvalue weighted by atomic mass is 9.96. The predicted molar refractivity (Wildman–Crippen MR) is 154 cm³/mol. The number of rotatable bonds is 3. The summed E-state index contributed by atoms with van der Waals surface area (Å²) in [5, 5.41) is 1.58. The maximum absolute atomic E-state index is 13.8. The molecule has 0 radical (unpaired) electrons. The van der Waals surface area contributed by atoms with E-state index >= 15 is 0 Å². The van der Waals surface area contributed by atoms with Crippen LogP contribution in [0.1, 0.15) is 31.8 Å². The van der Waals surface area contributed by atoms with E-state index in [1.165, 1.54) is 11.0 Å². The van der Waals surface area contributed by atoms with Gasteiger partial charge in [0.15, 0.2) is 0 Å². The molecule has 0 spiro atoms. The van der Waals surface area contributed by atoms with Crippen LogP contribution in [0.25, 0.3) is 38.6 Å². The highest BCUT2D eigenvalue weighted by molar-refractivity contribution is 6.35. The van der Waals surface area contributed by atoms with Gasteiger partial charge in [-0.1, -0.05) is 60.7 Å². The predicted octanol–water partition coefficient (Wildman–Crippen LogP) is 8.58. The van der Waals surface area contributed by atoms with Crippen LogP contribution in [-0.2, 0) is 6.18 Å². The number of fused-ring (bicyclic) bond motifs is 4. The van der Waals surface area contributed by atoms with Crippen LogP contribution in [0.2, 0.25) is 0 Å². The fourth-order valence-electron chi connectivity index (χ4n) is 5.89. The molecule has 0 saturated carbocycles. The van der Waals surface area contributed by atoms with Crippen LogP contribution < -0.4 is 4.90 Å². The van der Waals surface area contributed by atoms with Crippen LogP contribution >= 0.6 is 0 Å². The van der Waals surface area contributed by atoms with Crippen molar-refractivity contribution in [2.75, 3.05) is 4.90 Å². The number of hydrogen-bond acceptors (Lipinski definition) is 2. The minimum atomic E-state index is -4.48. The molecule has 0 saturated heterocycles. The lowest BCUT2D eigenvalue weighted by Gasteiger charge is -2.15. The highest BCUT2D eigenvalue weighted by Crippen LogP contribution is 2.42. The summed E-state index contributed by atoms with van der Waals surface area (Å²) in [7, 11) is 0. The Morgan fingerprint density at radius 3 is 2.12 bits per heavy atom. The fraction of sp³-hybridized carbons (Fsp3) is 0.0588. The van der Waals surface area contributed by atoms with Crippen LogP contribution in [0.4, 0.5) is 18.9 Å². The average molecular weight is 547 g/mol. The lowest BCUT2D eigenvalue weighted by molar-refractivity contribution is -0.137. The first-order valence-corrected chi connectivity index (χ1v) is 13.0. The van der Waals surface area contributed by atoms with Crippen LogP contribution in [0.3, 0.4) is 0 Å². The van der Waals surface area contributed by atoms with Gasteiger partial charge in [0.05, 0.1) is 39.1 Å². The van der Waals surface area contributed by atoms with Crippen molar-refractivity contribution < 1.29 is 22.8 Å². The third kappa shape index (κ3) is 3.77. The zero-order valence-corrected chi connectivity index (χ0v) is 21.7. The summed E-state index contributed by atoms with van der Waals surface area (Å²) in [5.74, 6) is -0.832. The van der Waals surface area contributed by atoms with Crippen molar-refractivity contribution in [3.63, 3.8) is 0 Å². The third-order valence-corrected chi connectivity index (χ3v) is 7.56. The maximum atomic E-state index is 13.8. The fourth-order valence-corrected chi connectivity index (χ4v) is 5.89. The number of anilines is 1. The zero-order chi connectivity index (χ0) is 28.5. The van der Waals surface area contributed by atoms with Gasteiger partial charge in [0.25, 0.3) is 11.8 Å². The van der Waals surface area contributed by atoms with E-state index in [1.54, 1.807) is 61.5 Å². The number of aryl methyl sites for hydroxylation is 1. The molecule has 2 amide bonds. The first-order valence-electron chi connectivity index (χ1n) is 13.0. The number of carbonyl (C=O) groups is 2. The summed E-state index contributed by atoms with van der Waals surface area (Å²) >= 11 is 0. The van der Waals surface area contributed by atoms with E-state index in [-0.39, 0.29) is 5.56 Å². The zero-order valence-electron chi connectivity index (χ0n) is 21.7. The van der Waals surface area contributed by atoms with Gasteiger partial charge in [0.2, 0.25) is 0 Å². The molecule has 5 aromatic carbocycles. The molecule has 0 N–H and O–H groups in total. The molecule has 6 aromatic rings. The van der Waals surface area contributed by atoms with Gasteiger partial charge in [-0.2, -0.15) is 13.2 Å². The van der Waals surface area contributed by atoms with E-state index in [0.29, 0.717) is 39.1 Å². The van der Waals surface area contributed by atoms with Crippen molar-refractivity contribution in [1.82, 2.24) is 4.57 Å². The second-order valence-corrected chi connectivity index (χ2v) is 10.1. The average Bonchev–Trinajstić information content (AvgIpc) is 3.44. The maximum Gasteiger partial charge on any atom is 0.416 e. The largest absolute Gasteiger partial charge is 0.416 e. The number of amides is 2. The molecule has 7 heteroatoms. The Bertz CT molecular complexity index is 2040. The van der Waals surface area contributed by atoms with Crippen molar-refractivity contribution in [3.8, 4) is 16.8 Å². The van der Waals surface area contributed by atoms with E-state index in [0.717, 1.165) is 22.4 Å². The Kier molecular flexibility index (Phi) is 5.41. The van der Waals surface area contributed by atoms with Gasteiger partial charge in [-0.05, 0) is 72.1 Å². The molecular formula is C34H21F3N2O2. The number of carbonyl (C=O) groups excluding carboxylic acids is 2. The number of benzene rings is 5. The number of para-hydroxylation sites is 2. The van der Waals surface area contributed by atoms with Crippen molar-refractivity contribution in [2.24, 2.45) is 0 Å². The molecule has 1 aromatic heterocycles. The number of alkyl halides is 3. The Morgan fingerprint density at radius 2 is 1.34 bits per heavy atom. The van der Waals surface area contributed by atoms with E-state index in [1.807, 2.05) is 47.0 Å². The van der Waals surface area contributed by atoms with Crippen molar-refractivity contribution in [2.45, 2.75) is 13.1 Å². The lowest BCUT2D eigenvalue weighted by Crippen LogP contribution is -2.29. The van der Waals surface area contributed by atoms with Gasteiger partial charge in [0.1, 0.15) is 0 Å². The molecule has 0 bridgehead atoms. The Labute approximate surface area is 232 Å². The number of imide groups is 1. The molecule has 4 nitrogen and oxygen atoms in total. The van der Waals surface area contributed by atoms with Crippen molar-refractivity contribution >= 4 is 39.3 Å². The molecule has 0 unspecified atom stereocenters. The quantitative estimate of drug-likeness (QED) is 0.209. The van der Waals surface area contributed by atoms with Gasteiger partial charge in [-0.3, -0.25) is 9.59 Å². The third-order valence-electron chi connectivity index (χ3n) is 7.56. The number of halogens is 3. The van der Waals surface area contributed by atoms with E-state index in [9.17, 15) is 22.8 Å². The van der Waals surface area contributed by atoms with Crippen LogP contribution in [0, 0.1) is 6.92 Å². The minimum Gasteiger partial charge on any atom is -0.308 e. The minimum absolute atomic E-state index is 0.282. The number of aromatic nitrogens is 1. The molecule has 2 heterocycles. The van der Waals surface area contributed by atoms with Crippen LogP contribution in [-0.4, -0.2) is 16.4 Å². The second kappa shape index (κ2) is 8.93. The highest BCUT2D eigenvalue weighted by Gasteiger charge is 2.39. The van der Waals surface area contributed by atoms with Crippen molar-refractivity contribution in [1.29, 1.82) is 0 Å². The van der Waals surface area contributed by atoms with Gasteiger partial charge >= 0.3 is 6.18 Å². The number of nitrogens with zero attached hydrogens (tertiary/aromatic N) is 2. The first-order chi connectivity index (χ1) is 19.7. The molecule has 0 aliphatic carbocycles. The Balaban J connectivity index is 1.51. The summed E-state index contributed by atoms with van der Waals surface area (Å²) in [6.45, 7) is 1.65. The van der Waals surface area contributed by atoms with Crippen LogP contribution in [0.15, 0.2) is 109 Å². The molecule has 1 aliphatic rings. The molecular weight excluding hydrogens is 525 g/mol. The standard InChI is InChI=1S/C34H21F3N2O2/c1-20-17-21(19-22(18-20)34(35,36)37)24-12-7-15-28-30(24)25-11-5-6-14-27(25)39(28)29-16-8-13-26-31(29)33(41)38(32(26)40)23-9-3-2-4-10-23/h2-19H,1H3. The molecule has 7 rings (SSSR count). The molecule has 200 valence electrons. The topological polar surface area (TPSA) is 42.3 Å². The van der Waals surface area contributed by atoms with E-state index < -0.39 is 23.6 Å². The second-order valence-electron chi connectivity index (χ2n) is 10.1. The Hall–Kier alpha value is -5.17. The van der Waals surface area contributed by atoms with E-state index in [2.05, 4.69) is 0 Å². The Morgan fingerprint density at radius 1 is 0.659 bits per heavy atom. The van der Waals surface area contributed by atoms with Gasteiger partial charge in [-0.25, -0.2) is 4.90 Å². The van der Waals surface area contributed by atoms with Gasteiger partial charge in [-0.15, -0.1) is 0 Å². The molecule has 0 fully saturated rings. The molecule has 41 heavy (non-hydrogen) atoms. The summed E-state index contributed by atoms with van der Waals surface area (Å²) in [5.41, 5.74) is 3.96. The monoisotopic (exact) mass is 546 g/mol. The summed E-state index contributed by atoms with van der Waals surface area (Å²) in [4.78, 5) is 28.5. The smallest absolute Gasteiger partial charge is 0.308 e. The SMILES string of the molecule is Cc1cc(-c2cccc3c2c2ccccc2n3-c2cccc3c2C(=O)N(c2ccccc2)C3=O)cc(C(F)(F)F)c1. The summed E-state index contributed by atoms with van der Waals surface area (Å²) < 4.78 is 43.1. The number of hydrogen-bond donors (Lipinski definition) is 0. The van der Waals surface area contributed by atoms with Gasteiger partial charge in [0, 0.05) is 10.8 Å². The summed E-state index contributed by atoms with van der Waals surface area (Å²) in [6.07, 6.45) is -4.48. The highest BCUT2D eigenvalue weighted by atomic mass is 19.4. The van der Waals surface area contributed by atoms with Crippen molar-refractivity contribution in [3.05, 3.63) is 131 Å². The molecule has 0 atom stereocenters. The normalized spacial score (nSPS) is 13.4.